The van der Waals surface area contributed by atoms with E-state index in [1.807, 2.05) is 31.6 Å². The van der Waals surface area contributed by atoms with Crippen LogP contribution >= 0.6 is 0 Å². The molecule has 6 heteroatoms. The van der Waals surface area contributed by atoms with Gasteiger partial charge >= 0.3 is 5.97 Å². The molecular weight excluding hydrogens is 304 g/mol. The zero-order valence-corrected chi connectivity index (χ0v) is 14.7. The van der Waals surface area contributed by atoms with Gasteiger partial charge in [-0.1, -0.05) is 6.42 Å². The Bertz CT molecular complexity index is 710. The molecule has 0 saturated heterocycles. The summed E-state index contributed by atoms with van der Waals surface area (Å²) in [5, 5.41) is 4.35. The van der Waals surface area contributed by atoms with Crippen LogP contribution in [-0.2, 0) is 9.53 Å². The first kappa shape index (κ1) is 16.7. The Labute approximate surface area is 142 Å². The van der Waals surface area contributed by atoms with Gasteiger partial charge in [0.25, 0.3) is 0 Å². The molecule has 2 aromatic heterocycles. The van der Waals surface area contributed by atoms with E-state index in [1.165, 1.54) is 0 Å². The normalized spacial score (nSPS) is 21.0. The maximum Gasteiger partial charge on any atom is 0.306 e. The van der Waals surface area contributed by atoms with E-state index in [1.54, 1.807) is 6.20 Å². The average molecular weight is 330 g/mol. The SMILES string of the molecule is CCOC(=O)CC1CCCC(c2cc(N(C)C)n3nccc3n2)C1. The molecular formula is C18H26N4O2. The molecule has 0 radical (unpaired) electrons. The van der Waals surface area contributed by atoms with Gasteiger partial charge in [0, 0.05) is 44.3 Å². The van der Waals surface area contributed by atoms with E-state index in [2.05, 4.69) is 16.1 Å². The zero-order valence-electron chi connectivity index (χ0n) is 14.7. The van der Waals surface area contributed by atoms with E-state index in [0.29, 0.717) is 24.9 Å². The second-order valence-electron chi connectivity index (χ2n) is 6.77. The third-order valence-electron chi connectivity index (χ3n) is 4.78. The number of carbonyl (C=O) groups excluding carboxylic acids is 1. The molecule has 1 aliphatic carbocycles. The van der Waals surface area contributed by atoms with Crippen molar-refractivity contribution < 1.29 is 9.53 Å². The molecule has 2 atom stereocenters. The molecule has 2 unspecified atom stereocenters. The lowest BCUT2D eigenvalue weighted by molar-refractivity contribution is -0.144. The monoisotopic (exact) mass is 330 g/mol. The number of fused-ring (bicyclic) bond motifs is 1. The minimum absolute atomic E-state index is 0.0728. The number of nitrogens with zero attached hydrogens (tertiary/aromatic N) is 4. The van der Waals surface area contributed by atoms with Crippen LogP contribution in [0.3, 0.4) is 0 Å². The standard InChI is InChI=1S/C18H26N4O2/c1-4-24-18(23)11-13-6-5-7-14(10-13)15-12-17(21(2)3)22-16(20-15)8-9-19-22/h8-9,12-14H,4-7,10-11H2,1-3H3. The van der Waals surface area contributed by atoms with Gasteiger partial charge in [-0.05, 0) is 32.1 Å². The number of aromatic nitrogens is 3. The Hall–Kier alpha value is -2.11. The van der Waals surface area contributed by atoms with Gasteiger partial charge < -0.3 is 9.64 Å². The molecule has 2 aromatic rings. The Morgan fingerprint density at radius 1 is 1.42 bits per heavy atom. The summed E-state index contributed by atoms with van der Waals surface area (Å²) < 4.78 is 6.97. The predicted molar refractivity (Wildman–Crippen MR) is 93.3 cm³/mol. The highest BCUT2D eigenvalue weighted by Crippen LogP contribution is 2.38. The molecule has 24 heavy (non-hydrogen) atoms. The molecule has 3 rings (SSSR count). The van der Waals surface area contributed by atoms with Crippen molar-refractivity contribution >= 4 is 17.4 Å². The fraction of sp³-hybridized carbons (Fsp3) is 0.611. The summed E-state index contributed by atoms with van der Waals surface area (Å²) in [6, 6.07) is 4.08. The summed E-state index contributed by atoms with van der Waals surface area (Å²) in [7, 11) is 4.04. The van der Waals surface area contributed by atoms with E-state index >= 15 is 0 Å². The number of anilines is 1. The highest BCUT2D eigenvalue weighted by atomic mass is 16.5. The topological polar surface area (TPSA) is 59.7 Å². The van der Waals surface area contributed by atoms with Gasteiger partial charge in [-0.15, -0.1) is 0 Å². The molecule has 130 valence electrons. The van der Waals surface area contributed by atoms with E-state index in [0.717, 1.165) is 42.8 Å². The van der Waals surface area contributed by atoms with Crippen molar-refractivity contribution in [2.45, 2.75) is 44.9 Å². The van der Waals surface area contributed by atoms with E-state index in [-0.39, 0.29) is 5.97 Å². The van der Waals surface area contributed by atoms with Crippen molar-refractivity contribution in [3.8, 4) is 0 Å². The Kier molecular flexibility index (Phi) is 5.02. The number of hydrogen-bond donors (Lipinski definition) is 0. The summed E-state index contributed by atoms with van der Waals surface area (Å²) in [4.78, 5) is 18.7. The van der Waals surface area contributed by atoms with Gasteiger partial charge in [-0.25, -0.2) is 4.98 Å². The quantitative estimate of drug-likeness (QED) is 0.789. The van der Waals surface area contributed by atoms with Crippen molar-refractivity contribution in [1.29, 1.82) is 0 Å². The molecule has 2 heterocycles. The Balaban J connectivity index is 1.80. The molecule has 6 nitrogen and oxygen atoms in total. The second-order valence-corrected chi connectivity index (χ2v) is 6.77. The first-order valence-corrected chi connectivity index (χ1v) is 8.76. The summed E-state index contributed by atoms with van der Waals surface area (Å²) >= 11 is 0. The molecule has 0 amide bonds. The lowest BCUT2D eigenvalue weighted by Gasteiger charge is -2.29. The van der Waals surface area contributed by atoms with Crippen LogP contribution in [0.15, 0.2) is 18.3 Å². The van der Waals surface area contributed by atoms with Crippen LogP contribution in [0.25, 0.3) is 5.65 Å². The molecule has 0 spiro atoms. The van der Waals surface area contributed by atoms with Gasteiger partial charge in [0.2, 0.25) is 0 Å². The van der Waals surface area contributed by atoms with Crippen molar-refractivity contribution in [2.75, 3.05) is 25.6 Å². The average Bonchev–Trinajstić information content (AvgIpc) is 3.02. The summed E-state index contributed by atoms with van der Waals surface area (Å²) in [5.41, 5.74) is 1.99. The van der Waals surface area contributed by atoms with Gasteiger partial charge in [0.15, 0.2) is 5.65 Å². The highest BCUT2D eigenvalue weighted by Gasteiger charge is 2.27. The number of rotatable bonds is 5. The fourth-order valence-corrected chi connectivity index (χ4v) is 3.64. The van der Waals surface area contributed by atoms with E-state index in [9.17, 15) is 4.79 Å². The molecule has 1 aliphatic rings. The van der Waals surface area contributed by atoms with Crippen molar-refractivity contribution in [3.05, 3.63) is 24.0 Å². The van der Waals surface area contributed by atoms with Gasteiger partial charge in [-0.3, -0.25) is 4.79 Å². The maximum atomic E-state index is 11.8. The summed E-state index contributed by atoms with van der Waals surface area (Å²) in [5.74, 6) is 1.76. The highest BCUT2D eigenvalue weighted by molar-refractivity contribution is 5.69. The molecule has 1 saturated carbocycles. The van der Waals surface area contributed by atoms with Crippen molar-refractivity contribution in [3.63, 3.8) is 0 Å². The summed E-state index contributed by atoms with van der Waals surface area (Å²) in [6.45, 7) is 2.32. The fourth-order valence-electron chi connectivity index (χ4n) is 3.64. The first-order chi connectivity index (χ1) is 11.6. The molecule has 0 aliphatic heterocycles. The van der Waals surface area contributed by atoms with Gasteiger partial charge in [0.1, 0.15) is 5.82 Å². The van der Waals surface area contributed by atoms with Crippen LogP contribution < -0.4 is 4.90 Å². The van der Waals surface area contributed by atoms with Crippen LogP contribution in [0.2, 0.25) is 0 Å². The first-order valence-electron chi connectivity index (χ1n) is 8.76. The van der Waals surface area contributed by atoms with Crippen LogP contribution in [0.4, 0.5) is 5.82 Å². The zero-order chi connectivity index (χ0) is 17.1. The number of hydrogen-bond acceptors (Lipinski definition) is 5. The molecule has 0 bridgehead atoms. The third-order valence-corrected chi connectivity index (χ3v) is 4.78. The molecule has 0 aromatic carbocycles. The van der Waals surface area contributed by atoms with Crippen LogP contribution in [0, 0.1) is 5.92 Å². The lowest BCUT2D eigenvalue weighted by atomic mass is 9.78. The van der Waals surface area contributed by atoms with Crippen LogP contribution in [-0.4, -0.2) is 41.3 Å². The van der Waals surface area contributed by atoms with E-state index in [4.69, 9.17) is 9.72 Å². The number of ether oxygens (including phenoxy) is 1. The van der Waals surface area contributed by atoms with Crippen molar-refractivity contribution in [1.82, 2.24) is 14.6 Å². The largest absolute Gasteiger partial charge is 0.466 e. The molecule has 1 fully saturated rings. The second kappa shape index (κ2) is 7.20. The molecule has 0 N–H and O–H groups in total. The van der Waals surface area contributed by atoms with Gasteiger partial charge in [-0.2, -0.15) is 9.61 Å². The predicted octanol–water partition coefficient (Wildman–Crippen LogP) is 3.02. The van der Waals surface area contributed by atoms with Crippen LogP contribution in [0.1, 0.15) is 50.6 Å². The Morgan fingerprint density at radius 3 is 3.00 bits per heavy atom. The smallest absolute Gasteiger partial charge is 0.306 e. The Morgan fingerprint density at radius 2 is 2.25 bits per heavy atom. The minimum atomic E-state index is -0.0728. The van der Waals surface area contributed by atoms with Gasteiger partial charge in [0.05, 0.1) is 12.8 Å². The number of esters is 1. The van der Waals surface area contributed by atoms with Crippen molar-refractivity contribution in [2.24, 2.45) is 5.92 Å². The maximum absolute atomic E-state index is 11.8. The lowest BCUT2D eigenvalue weighted by Crippen LogP contribution is -2.21. The number of carbonyl (C=O) groups is 1. The third kappa shape index (κ3) is 3.52. The minimum Gasteiger partial charge on any atom is -0.466 e. The van der Waals surface area contributed by atoms with Crippen LogP contribution in [0.5, 0.6) is 0 Å². The van der Waals surface area contributed by atoms with E-state index < -0.39 is 0 Å². The summed E-state index contributed by atoms with van der Waals surface area (Å²) in [6.07, 6.45) is 6.68.